The van der Waals surface area contributed by atoms with Crippen molar-refractivity contribution >= 4 is 27.2 Å². The van der Waals surface area contributed by atoms with Gasteiger partial charge in [0.1, 0.15) is 0 Å². The summed E-state index contributed by atoms with van der Waals surface area (Å²) in [6.45, 7) is 0. The average molecular weight is 288 g/mol. The summed E-state index contributed by atoms with van der Waals surface area (Å²) in [5.74, 6) is 0. The van der Waals surface area contributed by atoms with Crippen molar-refractivity contribution in [1.29, 1.82) is 0 Å². The number of nitrogens with two attached hydrogens (primary N) is 1. The summed E-state index contributed by atoms with van der Waals surface area (Å²) in [6.07, 6.45) is 6.80. The zero-order valence-electron chi connectivity index (χ0n) is 9.85. The topological polar surface area (TPSA) is 101 Å². The molecule has 1 aliphatic rings. The van der Waals surface area contributed by atoms with Gasteiger partial charge in [-0.1, -0.05) is 31.5 Å². The number of nitrogens with one attached hydrogen (secondary N) is 2. The van der Waals surface area contributed by atoms with Crippen LogP contribution in [0.25, 0.3) is 0 Å². The van der Waals surface area contributed by atoms with E-state index in [-0.39, 0.29) is 10.0 Å². The molecular formula is C10H16N4O2S2. The van der Waals surface area contributed by atoms with E-state index in [4.69, 9.17) is 18.0 Å². The van der Waals surface area contributed by atoms with E-state index < -0.39 is 15.6 Å². The second kappa shape index (κ2) is 4.94. The van der Waals surface area contributed by atoms with Crippen molar-refractivity contribution in [3.63, 3.8) is 0 Å². The molecule has 0 saturated heterocycles. The molecule has 1 saturated carbocycles. The van der Waals surface area contributed by atoms with Gasteiger partial charge < -0.3 is 10.7 Å². The molecule has 1 aromatic rings. The number of thiocarbonyl (C=S) groups is 1. The summed E-state index contributed by atoms with van der Waals surface area (Å²) in [6, 6.07) is 0. The molecule has 0 aliphatic heterocycles. The lowest BCUT2D eigenvalue weighted by Crippen LogP contribution is -2.57. The number of H-pyrrole nitrogens is 1. The highest BCUT2D eigenvalue weighted by Crippen LogP contribution is 2.30. The molecule has 100 valence electrons. The fraction of sp³-hybridized carbons (Fsp3) is 0.600. The molecule has 1 heterocycles. The summed E-state index contributed by atoms with van der Waals surface area (Å²) in [7, 11) is -3.66. The minimum Gasteiger partial charge on any atom is -0.392 e. The minimum atomic E-state index is -3.66. The van der Waals surface area contributed by atoms with Crippen molar-refractivity contribution in [2.45, 2.75) is 42.7 Å². The van der Waals surface area contributed by atoms with E-state index in [9.17, 15) is 8.42 Å². The second-order valence-electron chi connectivity index (χ2n) is 4.53. The Morgan fingerprint density at radius 1 is 1.44 bits per heavy atom. The number of aromatic amines is 1. The predicted molar refractivity (Wildman–Crippen MR) is 71.5 cm³/mol. The Kier molecular flexibility index (Phi) is 3.69. The summed E-state index contributed by atoms with van der Waals surface area (Å²) in [4.78, 5) is 6.50. The van der Waals surface area contributed by atoms with Crippen LogP contribution in [0.5, 0.6) is 0 Å². The van der Waals surface area contributed by atoms with Crippen LogP contribution < -0.4 is 10.5 Å². The summed E-state index contributed by atoms with van der Waals surface area (Å²) in [5, 5.41) is 0.0312. The molecule has 0 radical (unpaired) electrons. The Morgan fingerprint density at radius 3 is 2.61 bits per heavy atom. The lowest BCUT2D eigenvalue weighted by Gasteiger charge is -2.36. The zero-order valence-corrected chi connectivity index (χ0v) is 11.5. The highest BCUT2D eigenvalue weighted by Gasteiger charge is 2.39. The molecule has 1 aromatic heterocycles. The quantitative estimate of drug-likeness (QED) is 0.707. The van der Waals surface area contributed by atoms with Gasteiger partial charge in [0.05, 0.1) is 23.1 Å². The molecule has 0 spiro atoms. The first-order valence-electron chi connectivity index (χ1n) is 5.79. The lowest BCUT2D eigenvalue weighted by atomic mass is 9.82. The smallest absolute Gasteiger partial charge is 0.258 e. The SMILES string of the molecule is NC(=S)C1(NS(=O)(=O)c2cnc[nH]2)CCCCC1. The Bertz CT molecular complexity index is 518. The fourth-order valence-electron chi connectivity index (χ4n) is 2.26. The normalized spacial score (nSPS) is 19.6. The number of imidazole rings is 1. The Balaban J connectivity index is 2.27. The summed E-state index contributed by atoms with van der Waals surface area (Å²) < 4.78 is 27.0. The number of nitrogens with zero attached hydrogens (tertiary/aromatic N) is 1. The van der Waals surface area contributed by atoms with Crippen LogP contribution in [0.15, 0.2) is 17.6 Å². The summed E-state index contributed by atoms with van der Waals surface area (Å²) in [5.41, 5.74) is 4.95. The number of rotatable bonds is 4. The van der Waals surface area contributed by atoms with Crippen molar-refractivity contribution in [2.24, 2.45) is 5.73 Å². The zero-order chi connectivity index (χ0) is 13.2. The lowest BCUT2D eigenvalue weighted by molar-refractivity contribution is 0.353. The molecule has 0 aromatic carbocycles. The molecule has 18 heavy (non-hydrogen) atoms. The third-order valence-electron chi connectivity index (χ3n) is 3.27. The highest BCUT2D eigenvalue weighted by molar-refractivity contribution is 7.89. The Labute approximate surface area is 111 Å². The van der Waals surface area contributed by atoms with Crippen molar-refractivity contribution in [2.75, 3.05) is 0 Å². The van der Waals surface area contributed by atoms with Gasteiger partial charge in [0.2, 0.25) is 0 Å². The van der Waals surface area contributed by atoms with Crippen molar-refractivity contribution < 1.29 is 8.42 Å². The fourth-order valence-corrected chi connectivity index (χ4v) is 3.92. The standard InChI is InChI=1S/C10H16N4O2S2/c11-9(17)10(4-2-1-3-5-10)14-18(15,16)8-6-12-7-13-8/h6-7,14H,1-5H2,(H2,11,17)(H,12,13). The van der Waals surface area contributed by atoms with Crippen LogP contribution in [0.4, 0.5) is 0 Å². The average Bonchev–Trinajstić information content (AvgIpc) is 2.83. The van der Waals surface area contributed by atoms with Crippen molar-refractivity contribution in [1.82, 2.24) is 14.7 Å². The van der Waals surface area contributed by atoms with Crippen molar-refractivity contribution in [3.05, 3.63) is 12.5 Å². The second-order valence-corrected chi connectivity index (χ2v) is 6.62. The third kappa shape index (κ3) is 2.55. The van der Waals surface area contributed by atoms with Crippen LogP contribution in [0.1, 0.15) is 32.1 Å². The van der Waals surface area contributed by atoms with E-state index in [0.29, 0.717) is 12.8 Å². The largest absolute Gasteiger partial charge is 0.392 e. The van der Waals surface area contributed by atoms with Gasteiger partial charge in [-0.25, -0.2) is 13.4 Å². The molecule has 1 aliphatic carbocycles. The molecule has 2 rings (SSSR count). The Hall–Kier alpha value is -0.990. The van der Waals surface area contributed by atoms with E-state index in [2.05, 4.69) is 14.7 Å². The predicted octanol–water partition coefficient (Wildman–Crippen LogP) is 0.677. The van der Waals surface area contributed by atoms with Gasteiger partial charge in [-0.3, -0.25) is 0 Å². The third-order valence-corrected chi connectivity index (χ3v) is 5.12. The van der Waals surface area contributed by atoms with Crippen molar-refractivity contribution in [3.8, 4) is 0 Å². The first kappa shape index (κ1) is 13.4. The van der Waals surface area contributed by atoms with E-state index in [1.165, 1.54) is 12.5 Å². The molecule has 6 nitrogen and oxygen atoms in total. The van der Waals surface area contributed by atoms with E-state index in [1.54, 1.807) is 0 Å². The van der Waals surface area contributed by atoms with Gasteiger partial charge >= 0.3 is 0 Å². The van der Waals surface area contributed by atoms with E-state index in [0.717, 1.165) is 19.3 Å². The molecule has 0 unspecified atom stereocenters. The van der Waals surface area contributed by atoms with Crippen LogP contribution in [-0.4, -0.2) is 28.9 Å². The molecule has 0 bridgehead atoms. The van der Waals surface area contributed by atoms with Gasteiger partial charge in [-0.2, -0.15) is 4.72 Å². The monoisotopic (exact) mass is 288 g/mol. The first-order valence-corrected chi connectivity index (χ1v) is 7.68. The maximum absolute atomic E-state index is 12.2. The van der Waals surface area contributed by atoms with Crippen LogP contribution in [0.2, 0.25) is 0 Å². The number of hydrogen-bond acceptors (Lipinski definition) is 4. The maximum Gasteiger partial charge on any atom is 0.258 e. The van der Waals surface area contributed by atoms with Gasteiger partial charge in [-0.05, 0) is 12.8 Å². The summed E-state index contributed by atoms with van der Waals surface area (Å²) >= 11 is 5.05. The molecule has 1 fully saturated rings. The van der Waals surface area contributed by atoms with Gasteiger partial charge in [0.15, 0.2) is 5.03 Å². The van der Waals surface area contributed by atoms with Crippen LogP contribution >= 0.6 is 12.2 Å². The molecule has 8 heteroatoms. The number of sulfonamides is 1. The highest BCUT2D eigenvalue weighted by atomic mass is 32.2. The van der Waals surface area contributed by atoms with Gasteiger partial charge in [-0.15, -0.1) is 0 Å². The molecule has 4 N–H and O–H groups in total. The van der Waals surface area contributed by atoms with Crippen LogP contribution in [0.3, 0.4) is 0 Å². The maximum atomic E-state index is 12.2. The number of hydrogen-bond donors (Lipinski definition) is 3. The van der Waals surface area contributed by atoms with Gasteiger partial charge in [0.25, 0.3) is 10.0 Å². The molecule has 0 atom stereocenters. The van der Waals surface area contributed by atoms with E-state index >= 15 is 0 Å². The van der Waals surface area contributed by atoms with Crippen LogP contribution in [0, 0.1) is 0 Å². The Morgan fingerprint density at radius 2 is 2.11 bits per heavy atom. The van der Waals surface area contributed by atoms with Gasteiger partial charge in [0, 0.05) is 0 Å². The molecule has 0 amide bonds. The number of aromatic nitrogens is 2. The first-order chi connectivity index (χ1) is 8.46. The van der Waals surface area contributed by atoms with Crippen LogP contribution in [-0.2, 0) is 10.0 Å². The minimum absolute atomic E-state index is 0.0312. The molecular weight excluding hydrogens is 272 g/mol. The van der Waals surface area contributed by atoms with E-state index in [1.807, 2.05) is 0 Å².